The van der Waals surface area contributed by atoms with Crippen LogP contribution >= 0.6 is 34.5 Å². The van der Waals surface area contributed by atoms with Gasteiger partial charge in [-0.3, -0.25) is 0 Å². The van der Waals surface area contributed by atoms with Crippen LogP contribution in [-0.4, -0.2) is 5.11 Å². The second kappa shape index (κ2) is 2.88. The van der Waals surface area contributed by atoms with Gasteiger partial charge in [0.1, 0.15) is 4.34 Å². The Balaban J connectivity index is 2.34. The Kier molecular flexibility index (Phi) is 2.11. The average molecular weight is 223 g/mol. The van der Waals surface area contributed by atoms with Crippen molar-refractivity contribution in [2.45, 2.75) is 24.9 Å². The maximum Gasteiger partial charge on any atom is 0.112 e. The zero-order chi connectivity index (χ0) is 8.77. The van der Waals surface area contributed by atoms with Gasteiger partial charge in [0.2, 0.25) is 0 Å². The fourth-order valence-corrected chi connectivity index (χ4v) is 2.85. The molecule has 0 radical (unpaired) electrons. The number of halogens is 2. The van der Waals surface area contributed by atoms with Gasteiger partial charge in [-0.1, -0.05) is 23.2 Å². The van der Waals surface area contributed by atoms with Gasteiger partial charge in [0, 0.05) is 4.88 Å². The zero-order valence-electron chi connectivity index (χ0n) is 6.31. The Bertz CT molecular complexity index is 285. The van der Waals surface area contributed by atoms with Crippen LogP contribution in [0.4, 0.5) is 0 Å². The largest absolute Gasteiger partial charge is 0.384 e. The van der Waals surface area contributed by atoms with Crippen LogP contribution < -0.4 is 0 Å². The Morgan fingerprint density at radius 3 is 2.42 bits per heavy atom. The van der Waals surface area contributed by atoms with Gasteiger partial charge < -0.3 is 5.11 Å². The van der Waals surface area contributed by atoms with E-state index >= 15 is 0 Å². The van der Waals surface area contributed by atoms with Crippen LogP contribution in [0.2, 0.25) is 9.36 Å². The smallest absolute Gasteiger partial charge is 0.112 e. The molecule has 1 aromatic heterocycles. The van der Waals surface area contributed by atoms with E-state index in [-0.39, 0.29) is 0 Å². The van der Waals surface area contributed by atoms with Crippen molar-refractivity contribution in [2.75, 3.05) is 0 Å². The molecule has 1 saturated carbocycles. The first-order valence-corrected chi connectivity index (χ1v) is 5.37. The quantitative estimate of drug-likeness (QED) is 0.773. The van der Waals surface area contributed by atoms with Gasteiger partial charge in [0.25, 0.3) is 0 Å². The number of aliphatic hydroxyl groups is 1. The number of hydrogen-bond acceptors (Lipinski definition) is 2. The van der Waals surface area contributed by atoms with Crippen molar-refractivity contribution < 1.29 is 5.11 Å². The molecule has 1 fully saturated rings. The van der Waals surface area contributed by atoms with Gasteiger partial charge in [0.15, 0.2) is 0 Å². The van der Waals surface area contributed by atoms with Crippen LogP contribution in [0.25, 0.3) is 0 Å². The second-order valence-electron chi connectivity index (χ2n) is 3.12. The molecule has 66 valence electrons. The Morgan fingerprint density at radius 1 is 1.42 bits per heavy atom. The summed E-state index contributed by atoms with van der Waals surface area (Å²) in [5, 5.41) is 10.5. The summed E-state index contributed by atoms with van der Waals surface area (Å²) in [5.41, 5.74) is -0.624. The maximum atomic E-state index is 9.91. The molecule has 0 bridgehead atoms. The molecule has 12 heavy (non-hydrogen) atoms. The summed E-state index contributed by atoms with van der Waals surface area (Å²) in [7, 11) is 0. The first-order valence-electron chi connectivity index (χ1n) is 3.79. The van der Waals surface area contributed by atoms with Crippen molar-refractivity contribution in [3.63, 3.8) is 0 Å². The van der Waals surface area contributed by atoms with Gasteiger partial charge in [-0.2, -0.15) is 0 Å². The van der Waals surface area contributed by atoms with Gasteiger partial charge in [-0.15, -0.1) is 11.3 Å². The van der Waals surface area contributed by atoms with E-state index in [0.29, 0.717) is 9.36 Å². The van der Waals surface area contributed by atoms with Crippen LogP contribution in [0.3, 0.4) is 0 Å². The molecule has 1 aromatic rings. The van der Waals surface area contributed by atoms with Crippen molar-refractivity contribution >= 4 is 34.5 Å². The molecule has 2 rings (SSSR count). The highest BCUT2D eigenvalue weighted by atomic mass is 35.5. The topological polar surface area (TPSA) is 20.2 Å². The molecule has 0 aliphatic heterocycles. The van der Waals surface area contributed by atoms with E-state index in [0.717, 1.165) is 24.1 Å². The molecular formula is C8H8Cl2OS. The lowest BCUT2D eigenvalue weighted by atomic mass is 9.79. The number of hydrogen-bond donors (Lipinski definition) is 1. The van der Waals surface area contributed by atoms with Crippen LogP contribution in [-0.2, 0) is 5.60 Å². The van der Waals surface area contributed by atoms with Crippen molar-refractivity contribution in [1.82, 2.24) is 0 Å². The standard InChI is InChI=1S/C8H8Cl2OS/c9-5-4-6(12-7(5)10)8(11)2-1-3-8/h4,11H,1-3H2. The molecule has 1 aliphatic carbocycles. The summed E-state index contributed by atoms with van der Waals surface area (Å²) >= 11 is 13.0. The summed E-state index contributed by atoms with van der Waals surface area (Å²) in [5.74, 6) is 0. The van der Waals surface area contributed by atoms with E-state index in [1.54, 1.807) is 6.07 Å². The minimum atomic E-state index is -0.624. The predicted molar refractivity (Wildman–Crippen MR) is 52.1 cm³/mol. The van der Waals surface area contributed by atoms with Crippen molar-refractivity contribution in [2.24, 2.45) is 0 Å². The third kappa shape index (κ3) is 1.27. The Morgan fingerprint density at radius 2 is 2.08 bits per heavy atom. The van der Waals surface area contributed by atoms with E-state index in [1.807, 2.05) is 0 Å². The molecular weight excluding hydrogens is 215 g/mol. The van der Waals surface area contributed by atoms with Crippen LogP contribution in [0.15, 0.2) is 6.07 Å². The van der Waals surface area contributed by atoms with Crippen molar-refractivity contribution in [3.8, 4) is 0 Å². The first-order chi connectivity index (χ1) is 5.62. The van der Waals surface area contributed by atoms with E-state index in [2.05, 4.69) is 0 Å². The molecule has 1 nitrogen and oxygen atoms in total. The Hall–Kier alpha value is 0.240. The normalized spacial score (nSPS) is 20.6. The predicted octanol–water partition coefficient (Wildman–Crippen LogP) is 3.43. The minimum Gasteiger partial charge on any atom is -0.384 e. The highest BCUT2D eigenvalue weighted by molar-refractivity contribution is 7.17. The molecule has 0 spiro atoms. The third-order valence-corrected chi connectivity index (χ3v) is 4.34. The van der Waals surface area contributed by atoms with Crippen molar-refractivity contribution in [1.29, 1.82) is 0 Å². The Labute approximate surface area is 84.9 Å². The van der Waals surface area contributed by atoms with Gasteiger partial charge in [0.05, 0.1) is 10.6 Å². The zero-order valence-corrected chi connectivity index (χ0v) is 8.64. The summed E-state index contributed by atoms with van der Waals surface area (Å²) < 4.78 is 0.576. The highest BCUT2D eigenvalue weighted by Crippen LogP contribution is 2.46. The fraction of sp³-hybridized carbons (Fsp3) is 0.500. The number of thiophene rings is 1. The van der Waals surface area contributed by atoms with Gasteiger partial charge in [-0.05, 0) is 25.3 Å². The highest BCUT2D eigenvalue weighted by Gasteiger charge is 2.38. The van der Waals surface area contributed by atoms with E-state index in [1.165, 1.54) is 11.3 Å². The summed E-state index contributed by atoms with van der Waals surface area (Å²) in [6.45, 7) is 0. The van der Waals surface area contributed by atoms with Gasteiger partial charge >= 0.3 is 0 Å². The second-order valence-corrected chi connectivity index (χ2v) is 5.18. The summed E-state index contributed by atoms with van der Waals surface area (Å²) in [6.07, 6.45) is 2.75. The molecule has 4 heteroatoms. The van der Waals surface area contributed by atoms with Crippen LogP contribution in [0, 0.1) is 0 Å². The minimum absolute atomic E-state index is 0.553. The summed E-state index contributed by atoms with van der Waals surface area (Å²) in [4.78, 5) is 0.906. The maximum absolute atomic E-state index is 9.91. The molecule has 0 aromatic carbocycles. The van der Waals surface area contributed by atoms with Crippen LogP contribution in [0.5, 0.6) is 0 Å². The van der Waals surface area contributed by atoms with Crippen LogP contribution in [0.1, 0.15) is 24.1 Å². The lowest BCUT2D eigenvalue weighted by Gasteiger charge is -2.35. The third-order valence-electron chi connectivity index (χ3n) is 2.28. The fourth-order valence-electron chi connectivity index (χ4n) is 1.33. The van der Waals surface area contributed by atoms with Crippen molar-refractivity contribution in [3.05, 3.63) is 20.3 Å². The molecule has 1 N–H and O–H groups in total. The molecule has 0 amide bonds. The monoisotopic (exact) mass is 222 g/mol. The van der Waals surface area contributed by atoms with Gasteiger partial charge in [-0.25, -0.2) is 0 Å². The van der Waals surface area contributed by atoms with E-state index in [9.17, 15) is 5.11 Å². The lowest BCUT2D eigenvalue weighted by molar-refractivity contribution is -0.0354. The molecule has 0 atom stereocenters. The summed E-state index contributed by atoms with van der Waals surface area (Å²) in [6, 6.07) is 1.77. The molecule has 0 unspecified atom stereocenters. The molecule has 0 saturated heterocycles. The van der Waals surface area contributed by atoms with E-state index in [4.69, 9.17) is 23.2 Å². The SMILES string of the molecule is OC1(c2cc(Cl)c(Cl)s2)CCC1. The molecule has 1 heterocycles. The van der Waals surface area contributed by atoms with E-state index < -0.39 is 5.60 Å². The number of rotatable bonds is 1. The first kappa shape index (κ1) is 8.82. The molecule has 1 aliphatic rings. The lowest BCUT2D eigenvalue weighted by Crippen LogP contribution is -2.32. The average Bonchev–Trinajstić information content (AvgIpc) is 2.28.